The minimum absolute atomic E-state index is 0.0454. The van der Waals surface area contributed by atoms with Gasteiger partial charge in [0.25, 0.3) is 0 Å². The fourth-order valence-corrected chi connectivity index (χ4v) is 3.68. The molecule has 2 aliphatic heterocycles. The van der Waals surface area contributed by atoms with Crippen molar-refractivity contribution in [3.05, 3.63) is 47.0 Å². The molecule has 0 saturated carbocycles. The lowest BCUT2D eigenvalue weighted by molar-refractivity contribution is -0.120. The molecule has 1 amide bonds. The number of rotatable bonds is 3. The molecule has 2 aliphatic rings. The quantitative estimate of drug-likeness (QED) is 0.725. The molecule has 2 aromatic rings. The Morgan fingerprint density at radius 2 is 2.16 bits per heavy atom. The summed E-state index contributed by atoms with van der Waals surface area (Å²) in [4.78, 5) is 32.3. The number of nitriles is 1. The number of hydrogen-bond acceptors (Lipinski definition) is 8. The van der Waals surface area contributed by atoms with Crippen molar-refractivity contribution in [1.82, 2.24) is 15.3 Å². The van der Waals surface area contributed by atoms with Gasteiger partial charge < -0.3 is 19.7 Å². The summed E-state index contributed by atoms with van der Waals surface area (Å²) in [5, 5.41) is 11.7. The maximum atomic E-state index is 12.0. The maximum absolute atomic E-state index is 12.0. The molecule has 0 aliphatic carbocycles. The zero-order valence-electron chi connectivity index (χ0n) is 18.5. The number of carbonyl (C=O) groups is 2. The Hall–Kier alpha value is -3.35. The second kappa shape index (κ2) is 10.8. The predicted molar refractivity (Wildman–Crippen MR) is 118 cm³/mol. The SMILES string of the molecule is CN[C@H]1COc2cc(C#N)ccc2N(C)C1=O.Cc1cnc(C=O)nc1C1CCCOC1. The Balaban J connectivity index is 0.000000182. The minimum Gasteiger partial charge on any atom is -0.489 e. The van der Waals surface area contributed by atoms with Crippen LogP contribution >= 0.6 is 0 Å². The van der Waals surface area contributed by atoms with Crippen LogP contribution in [-0.2, 0) is 9.53 Å². The third-order valence-corrected chi connectivity index (χ3v) is 5.51. The van der Waals surface area contributed by atoms with Gasteiger partial charge in [0.05, 0.1) is 29.6 Å². The molecule has 1 fully saturated rings. The van der Waals surface area contributed by atoms with Crippen molar-refractivity contribution in [1.29, 1.82) is 5.26 Å². The summed E-state index contributed by atoms with van der Waals surface area (Å²) in [6, 6.07) is 6.73. The van der Waals surface area contributed by atoms with E-state index in [1.165, 1.54) is 0 Å². The maximum Gasteiger partial charge on any atom is 0.247 e. The standard InChI is InChI=1S/C12H13N3O2.C11H14N2O2/c1-14-9-7-17-11-5-8(6-13)3-4-10(11)15(2)12(9)16;1-8-5-12-10(6-14)13-11(8)9-3-2-4-15-7-9/h3-5,9,14H,7H2,1-2H3;5-6,9H,2-4,7H2,1H3/t9-;/m0./s1. The Morgan fingerprint density at radius 1 is 1.34 bits per heavy atom. The van der Waals surface area contributed by atoms with Crippen LogP contribution in [-0.4, -0.2) is 62.1 Å². The van der Waals surface area contributed by atoms with Crippen LogP contribution in [0.25, 0.3) is 0 Å². The van der Waals surface area contributed by atoms with E-state index < -0.39 is 0 Å². The molecule has 4 rings (SSSR count). The Kier molecular flexibility index (Phi) is 7.87. The first-order valence-electron chi connectivity index (χ1n) is 10.5. The number of fused-ring (bicyclic) bond motifs is 1. The van der Waals surface area contributed by atoms with Crippen molar-refractivity contribution in [2.24, 2.45) is 0 Å². The van der Waals surface area contributed by atoms with Crippen LogP contribution in [0, 0.1) is 18.3 Å². The van der Waals surface area contributed by atoms with Gasteiger partial charge in [-0.25, -0.2) is 9.97 Å². The normalized spacial score (nSPS) is 20.1. The number of benzene rings is 1. The lowest BCUT2D eigenvalue weighted by atomic mass is 9.96. The molecule has 3 heterocycles. The van der Waals surface area contributed by atoms with Crippen molar-refractivity contribution in [3.8, 4) is 11.8 Å². The van der Waals surface area contributed by atoms with E-state index in [4.69, 9.17) is 14.7 Å². The van der Waals surface area contributed by atoms with Crippen LogP contribution in [0.1, 0.15) is 46.2 Å². The number of carbonyl (C=O) groups excluding carboxylic acids is 2. The van der Waals surface area contributed by atoms with Gasteiger partial charge in [0.2, 0.25) is 5.91 Å². The number of nitrogens with one attached hydrogen (secondary N) is 1. The molecule has 0 spiro atoms. The fourth-order valence-electron chi connectivity index (χ4n) is 3.68. The average Bonchev–Trinajstić information content (AvgIpc) is 2.96. The van der Waals surface area contributed by atoms with Gasteiger partial charge in [0, 0.05) is 31.8 Å². The lowest BCUT2D eigenvalue weighted by Gasteiger charge is -2.22. The first-order chi connectivity index (χ1) is 15.5. The Morgan fingerprint density at radius 3 is 2.81 bits per heavy atom. The molecular weight excluding hydrogens is 410 g/mol. The summed E-state index contributed by atoms with van der Waals surface area (Å²) in [5.74, 6) is 1.11. The molecule has 32 heavy (non-hydrogen) atoms. The van der Waals surface area contributed by atoms with E-state index in [0.29, 0.717) is 35.8 Å². The molecule has 9 heteroatoms. The molecule has 1 aromatic heterocycles. The molecule has 0 bridgehead atoms. The van der Waals surface area contributed by atoms with Crippen LogP contribution in [0.3, 0.4) is 0 Å². The minimum atomic E-state index is -0.363. The summed E-state index contributed by atoms with van der Waals surface area (Å²) in [5.41, 5.74) is 3.21. The number of nitrogens with zero attached hydrogens (tertiary/aromatic N) is 4. The second-order valence-electron chi connectivity index (χ2n) is 7.67. The van der Waals surface area contributed by atoms with E-state index in [1.807, 2.05) is 13.0 Å². The molecular formula is C23H27N5O4. The summed E-state index contributed by atoms with van der Waals surface area (Å²) >= 11 is 0. The van der Waals surface area contributed by atoms with Crippen LogP contribution < -0.4 is 15.0 Å². The molecule has 0 radical (unpaired) electrons. The van der Waals surface area contributed by atoms with Gasteiger partial charge in [-0.2, -0.15) is 5.26 Å². The highest BCUT2D eigenvalue weighted by atomic mass is 16.5. The first kappa shape index (κ1) is 23.3. The van der Waals surface area contributed by atoms with Crippen molar-refractivity contribution >= 4 is 17.9 Å². The van der Waals surface area contributed by atoms with Gasteiger partial charge in [-0.1, -0.05) is 0 Å². The molecule has 9 nitrogen and oxygen atoms in total. The summed E-state index contributed by atoms with van der Waals surface area (Å²) in [6.45, 7) is 3.78. The number of amides is 1. The van der Waals surface area contributed by atoms with Crippen LogP contribution in [0.15, 0.2) is 24.4 Å². The van der Waals surface area contributed by atoms with E-state index in [1.54, 1.807) is 43.4 Å². The van der Waals surface area contributed by atoms with Crippen LogP contribution in [0.2, 0.25) is 0 Å². The molecule has 1 unspecified atom stereocenters. The predicted octanol–water partition coefficient (Wildman–Crippen LogP) is 1.99. The van der Waals surface area contributed by atoms with E-state index in [9.17, 15) is 9.59 Å². The number of likely N-dealkylation sites (N-methyl/N-ethyl adjacent to an activating group) is 2. The third kappa shape index (κ3) is 5.28. The van der Waals surface area contributed by atoms with Gasteiger partial charge in [-0.15, -0.1) is 0 Å². The molecule has 1 saturated heterocycles. The zero-order valence-corrected chi connectivity index (χ0v) is 18.5. The second-order valence-corrected chi connectivity index (χ2v) is 7.67. The Bertz CT molecular complexity index is 1010. The number of aldehydes is 1. The van der Waals surface area contributed by atoms with E-state index in [0.717, 1.165) is 30.7 Å². The summed E-state index contributed by atoms with van der Waals surface area (Å²) in [7, 11) is 3.42. The lowest BCUT2D eigenvalue weighted by Crippen LogP contribution is -2.45. The van der Waals surface area contributed by atoms with E-state index in [-0.39, 0.29) is 24.4 Å². The van der Waals surface area contributed by atoms with Crippen molar-refractivity contribution in [2.75, 3.05) is 38.8 Å². The Labute approximate surface area is 187 Å². The highest BCUT2D eigenvalue weighted by Gasteiger charge is 2.28. The number of anilines is 1. The van der Waals surface area contributed by atoms with E-state index >= 15 is 0 Å². The molecule has 168 valence electrons. The van der Waals surface area contributed by atoms with Crippen LogP contribution in [0.4, 0.5) is 5.69 Å². The molecule has 1 N–H and O–H groups in total. The molecule has 2 atom stereocenters. The topological polar surface area (TPSA) is 117 Å². The summed E-state index contributed by atoms with van der Waals surface area (Å²) < 4.78 is 11.0. The first-order valence-corrected chi connectivity index (χ1v) is 10.5. The molecule has 1 aromatic carbocycles. The van der Waals surface area contributed by atoms with E-state index in [2.05, 4.69) is 15.3 Å². The number of aromatic nitrogens is 2. The zero-order chi connectivity index (χ0) is 23.1. The van der Waals surface area contributed by atoms with Gasteiger partial charge >= 0.3 is 0 Å². The number of hydrogen-bond donors (Lipinski definition) is 1. The largest absolute Gasteiger partial charge is 0.489 e. The fraction of sp³-hybridized carbons (Fsp3) is 0.435. The average molecular weight is 438 g/mol. The van der Waals surface area contributed by atoms with Gasteiger partial charge in [-0.05, 0) is 44.5 Å². The number of ether oxygens (including phenoxy) is 2. The van der Waals surface area contributed by atoms with Crippen molar-refractivity contribution in [2.45, 2.75) is 31.7 Å². The van der Waals surface area contributed by atoms with Gasteiger partial charge in [0.1, 0.15) is 18.4 Å². The van der Waals surface area contributed by atoms with Gasteiger partial charge in [0.15, 0.2) is 12.1 Å². The monoisotopic (exact) mass is 437 g/mol. The number of aryl methyl sites for hydroxylation is 1. The summed E-state index contributed by atoms with van der Waals surface area (Å²) in [6.07, 6.45) is 4.54. The van der Waals surface area contributed by atoms with Crippen LogP contribution in [0.5, 0.6) is 5.75 Å². The third-order valence-electron chi connectivity index (χ3n) is 5.51. The highest BCUT2D eigenvalue weighted by molar-refractivity contribution is 5.98. The highest BCUT2D eigenvalue weighted by Crippen LogP contribution is 2.31. The van der Waals surface area contributed by atoms with Crippen molar-refractivity contribution < 1.29 is 19.1 Å². The van der Waals surface area contributed by atoms with Crippen molar-refractivity contribution in [3.63, 3.8) is 0 Å². The smallest absolute Gasteiger partial charge is 0.247 e. The van der Waals surface area contributed by atoms with Gasteiger partial charge in [-0.3, -0.25) is 9.59 Å².